The number of benzene rings is 1. The highest BCUT2D eigenvalue weighted by atomic mass is 16.1. The van der Waals surface area contributed by atoms with Crippen LogP contribution < -0.4 is 5.32 Å². The SMILES string of the molecule is [C-]#[N+]C(C#N)=Cc1ccc(NC(C)=O)cc1. The van der Waals surface area contributed by atoms with Crippen molar-refractivity contribution in [1.29, 1.82) is 5.26 Å². The first kappa shape index (κ1) is 11.5. The fourth-order valence-electron chi connectivity index (χ4n) is 1.11. The summed E-state index contributed by atoms with van der Waals surface area (Å²) in [6.07, 6.45) is 1.49. The van der Waals surface area contributed by atoms with E-state index in [1.165, 1.54) is 13.0 Å². The normalized spacial score (nSPS) is 10.1. The molecule has 0 heterocycles. The van der Waals surface area contributed by atoms with Gasteiger partial charge in [-0.2, -0.15) is 0 Å². The van der Waals surface area contributed by atoms with Crippen LogP contribution in [0.15, 0.2) is 30.0 Å². The van der Waals surface area contributed by atoms with Crippen molar-refractivity contribution in [3.63, 3.8) is 0 Å². The Morgan fingerprint density at radius 1 is 1.50 bits per heavy atom. The van der Waals surface area contributed by atoms with Crippen molar-refractivity contribution in [2.45, 2.75) is 6.92 Å². The molecule has 0 spiro atoms. The number of rotatable bonds is 2. The Morgan fingerprint density at radius 2 is 2.12 bits per heavy atom. The lowest BCUT2D eigenvalue weighted by molar-refractivity contribution is -0.114. The fourth-order valence-corrected chi connectivity index (χ4v) is 1.11. The zero-order valence-electron chi connectivity index (χ0n) is 8.69. The molecular weight excluding hydrogens is 202 g/mol. The van der Waals surface area contributed by atoms with Gasteiger partial charge in [0.1, 0.15) is 0 Å². The van der Waals surface area contributed by atoms with Gasteiger partial charge in [0.05, 0.1) is 12.6 Å². The molecule has 0 aliphatic rings. The summed E-state index contributed by atoms with van der Waals surface area (Å²) < 4.78 is 0. The Balaban J connectivity index is 2.89. The molecule has 16 heavy (non-hydrogen) atoms. The maximum Gasteiger partial charge on any atom is 0.262 e. The van der Waals surface area contributed by atoms with Crippen molar-refractivity contribution in [3.8, 4) is 6.07 Å². The lowest BCUT2D eigenvalue weighted by Gasteiger charge is -2.01. The molecule has 1 N–H and O–H groups in total. The number of allylic oxidation sites excluding steroid dienone is 1. The van der Waals surface area contributed by atoms with Crippen LogP contribution in [0, 0.1) is 17.9 Å². The molecular formula is C12H9N3O. The molecule has 0 saturated carbocycles. The largest absolute Gasteiger partial charge is 0.326 e. The third-order valence-electron chi connectivity index (χ3n) is 1.77. The maximum absolute atomic E-state index is 10.8. The number of nitriles is 1. The molecule has 0 unspecified atom stereocenters. The topological polar surface area (TPSA) is 57.2 Å². The minimum atomic E-state index is -0.137. The Hall–Kier alpha value is -2.59. The molecule has 78 valence electrons. The Bertz CT molecular complexity index is 485. The van der Waals surface area contributed by atoms with Gasteiger partial charge >= 0.3 is 0 Å². The van der Waals surface area contributed by atoms with Gasteiger partial charge in [0.25, 0.3) is 5.70 Å². The highest BCUT2D eigenvalue weighted by Crippen LogP contribution is 2.12. The van der Waals surface area contributed by atoms with Gasteiger partial charge in [-0.3, -0.25) is 4.79 Å². The lowest BCUT2D eigenvalue weighted by atomic mass is 10.2. The standard InChI is InChI=1S/C12H9N3O/c1-9(16)15-11-5-3-10(4-6-11)7-12(8-13)14-2/h3-7H,1H3,(H,15,16). The van der Waals surface area contributed by atoms with E-state index < -0.39 is 0 Å². The lowest BCUT2D eigenvalue weighted by Crippen LogP contribution is -2.05. The zero-order chi connectivity index (χ0) is 12.0. The summed E-state index contributed by atoms with van der Waals surface area (Å²) in [5.41, 5.74) is 1.47. The summed E-state index contributed by atoms with van der Waals surface area (Å²) in [6, 6.07) is 8.67. The third-order valence-corrected chi connectivity index (χ3v) is 1.77. The van der Waals surface area contributed by atoms with E-state index in [0.717, 1.165) is 5.56 Å². The summed E-state index contributed by atoms with van der Waals surface area (Å²) in [7, 11) is 0. The molecule has 0 bridgehead atoms. The molecule has 1 aromatic rings. The van der Waals surface area contributed by atoms with Crippen molar-refractivity contribution in [2.24, 2.45) is 0 Å². The van der Waals surface area contributed by atoms with Crippen molar-refractivity contribution in [1.82, 2.24) is 0 Å². The van der Waals surface area contributed by atoms with Gasteiger partial charge in [-0.1, -0.05) is 12.1 Å². The molecule has 0 fully saturated rings. The highest BCUT2D eigenvalue weighted by Gasteiger charge is 1.96. The molecule has 1 aromatic carbocycles. The van der Waals surface area contributed by atoms with E-state index in [0.29, 0.717) is 5.69 Å². The van der Waals surface area contributed by atoms with Crippen LogP contribution in [0.25, 0.3) is 10.9 Å². The molecule has 0 aliphatic heterocycles. The second kappa shape index (κ2) is 5.33. The number of nitrogens with one attached hydrogen (secondary N) is 1. The van der Waals surface area contributed by atoms with E-state index in [9.17, 15) is 4.79 Å². The Kier molecular flexibility index (Phi) is 3.83. The first-order valence-corrected chi connectivity index (χ1v) is 4.52. The predicted molar refractivity (Wildman–Crippen MR) is 60.9 cm³/mol. The van der Waals surface area contributed by atoms with Crippen LogP contribution in [0.2, 0.25) is 0 Å². The molecule has 4 nitrogen and oxygen atoms in total. The number of hydrogen-bond acceptors (Lipinski definition) is 2. The van der Waals surface area contributed by atoms with E-state index in [1.807, 2.05) is 0 Å². The van der Waals surface area contributed by atoms with Crippen LogP contribution in [0.3, 0.4) is 0 Å². The van der Waals surface area contributed by atoms with Crippen molar-refractivity contribution in [2.75, 3.05) is 5.32 Å². The van der Waals surface area contributed by atoms with Crippen LogP contribution in [0.1, 0.15) is 12.5 Å². The van der Waals surface area contributed by atoms with Gasteiger partial charge in [0.2, 0.25) is 5.91 Å². The van der Waals surface area contributed by atoms with Crippen LogP contribution >= 0.6 is 0 Å². The Labute approximate surface area is 93.6 Å². The smallest absolute Gasteiger partial charge is 0.262 e. The number of amides is 1. The average Bonchev–Trinajstić information content (AvgIpc) is 2.27. The number of hydrogen-bond donors (Lipinski definition) is 1. The monoisotopic (exact) mass is 211 g/mol. The molecule has 1 amide bonds. The maximum atomic E-state index is 10.8. The zero-order valence-corrected chi connectivity index (χ0v) is 8.69. The highest BCUT2D eigenvalue weighted by molar-refractivity contribution is 5.88. The van der Waals surface area contributed by atoms with Gasteiger partial charge in [0, 0.05) is 12.6 Å². The van der Waals surface area contributed by atoms with Gasteiger partial charge in [-0.05, 0) is 23.8 Å². The molecule has 0 atom stereocenters. The van der Waals surface area contributed by atoms with Crippen LogP contribution in [-0.2, 0) is 4.79 Å². The molecule has 0 saturated heterocycles. The fraction of sp³-hybridized carbons (Fsp3) is 0.0833. The number of anilines is 1. The van der Waals surface area contributed by atoms with Gasteiger partial charge < -0.3 is 5.32 Å². The molecule has 1 rings (SSSR count). The van der Waals surface area contributed by atoms with Crippen molar-refractivity contribution in [3.05, 3.63) is 46.9 Å². The number of carbonyl (C=O) groups is 1. The predicted octanol–water partition coefficient (Wildman–Crippen LogP) is 2.43. The summed E-state index contributed by atoms with van der Waals surface area (Å²) in [6.45, 7) is 8.15. The second-order valence-electron chi connectivity index (χ2n) is 3.06. The minimum absolute atomic E-state index is 0.0345. The van der Waals surface area contributed by atoms with Crippen LogP contribution in [0.5, 0.6) is 0 Å². The first-order valence-electron chi connectivity index (χ1n) is 4.52. The summed E-state index contributed by atoms with van der Waals surface area (Å²) in [5, 5.41) is 11.2. The second-order valence-corrected chi connectivity index (χ2v) is 3.06. The van der Waals surface area contributed by atoms with E-state index in [1.54, 1.807) is 30.3 Å². The molecule has 0 radical (unpaired) electrons. The van der Waals surface area contributed by atoms with Gasteiger partial charge in [0.15, 0.2) is 0 Å². The number of carbonyl (C=O) groups excluding carboxylic acids is 1. The average molecular weight is 211 g/mol. The molecule has 0 aromatic heterocycles. The van der Waals surface area contributed by atoms with Crippen LogP contribution in [0.4, 0.5) is 5.69 Å². The summed E-state index contributed by atoms with van der Waals surface area (Å²) in [5.74, 6) is -0.137. The minimum Gasteiger partial charge on any atom is -0.326 e. The van der Waals surface area contributed by atoms with Crippen molar-refractivity contribution < 1.29 is 4.79 Å². The first-order chi connectivity index (χ1) is 7.65. The third kappa shape index (κ3) is 3.28. The quantitative estimate of drug-likeness (QED) is 0.603. The van der Waals surface area contributed by atoms with E-state index in [2.05, 4.69) is 10.2 Å². The summed E-state index contributed by atoms with van der Waals surface area (Å²) >= 11 is 0. The molecule has 0 aliphatic carbocycles. The Morgan fingerprint density at radius 3 is 2.56 bits per heavy atom. The summed E-state index contributed by atoms with van der Waals surface area (Å²) in [4.78, 5) is 13.8. The van der Waals surface area contributed by atoms with E-state index >= 15 is 0 Å². The van der Waals surface area contributed by atoms with Gasteiger partial charge in [-0.25, -0.2) is 10.1 Å². The molecule has 4 heteroatoms. The van der Waals surface area contributed by atoms with E-state index in [4.69, 9.17) is 11.8 Å². The van der Waals surface area contributed by atoms with E-state index in [-0.39, 0.29) is 11.6 Å². The van der Waals surface area contributed by atoms with Gasteiger partial charge in [-0.15, -0.1) is 0 Å². The number of nitrogens with zero attached hydrogens (tertiary/aromatic N) is 2. The van der Waals surface area contributed by atoms with Crippen LogP contribution in [-0.4, -0.2) is 5.91 Å². The van der Waals surface area contributed by atoms with Crippen molar-refractivity contribution >= 4 is 17.7 Å².